The highest BCUT2D eigenvalue weighted by Crippen LogP contribution is 2.09. The van der Waals surface area contributed by atoms with Gasteiger partial charge in [-0.05, 0) is 38.5 Å². The molecule has 0 atom stereocenters. The van der Waals surface area contributed by atoms with Crippen LogP contribution in [0.4, 0.5) is 0 Å². The lowest BCUT2D eigenvalue weighted by Crippen LogP contribution is -1.81. The Morgan fingerprint density at radius 1 is 0.400 bits per heavy atom. The molecule has 0 amide bonds. The van der Waals surface area contributed by atoms with E-state index in [1.165, 1.54) is 64.2 Å². The highest BCUT2D eigenvalue weighted by atomic mass is 16.1. The van der Waals surface area contributed by atoms with Crippen LogP contribution >= 0.6 is 0 Å². The minimum Gasteiger partial charge on any atom is -0.303 e. The van der Waals surface area contributed by atoms with Gasteiger partial charge in [-0.15, -0.1) is 0 Å². The van der Waals surface area contributed by atoms with Crippen molar-refractivity contribution in [1.82, 2.24) is 0 Å². The molecule has 0 unspecified atom stereocenters. The number of aldehydes is 2. The van der Waals surface area contributed by atoms with E-state index >= 15 is 0 Å². The van der Waals surface area contributed by atoms with E-state index in [0.29, 0.717) is 0 Å². The monoisotopic (exact) mass is 280 g/mol. The van der Waals surface area contributed by atoms with E-state index in [4.69, 9.17) is 0 Å². The van der Waals surface area contributed by atoms with Crippen LogP contribution in [0.5, 0.6) is 0 Å². The summed E-state index contributed by atoms with van der Waals surface area (Å²) in [6, 6.07) is 0. The molecule has 0 spiro atoms. The maximum absolute atomic E-state index is 10.1. The van der Waals surface area contributed by atoms with E-state index in [0.717, 1.165) is 38.3 Å². The second kappa shape index (κ2) is 18.1. The van der Waals surface area contributed by atoms with Gasteiger partial charge in [-0.25, -0.2) is 0 Å². The Morgan fingerprint density at radius 3 is 1.05 bits per heavy atom. The molecule has 0 radical (unpaired) electrons. The quantitative estimate of drug-likeness (QED) is 0.215. The van der Waals surface area contributed by atoms with Crippen molar-refractivity contribution in [3.8, 4) is 0 Å². The molecule has 0 N–H and O–H groups in total. The van der Waals surface area contributed by atoms with Gasteiger partial charge in [0, 0.05) is 12.8 Å². The lowest BCUT2D eigenvalue weighted by molar-refractivity contribution is -0.108. The minimum atomic E-state index is 0.731. The van der Waals surface area contributed by atoms with Gasteiger partial charge in [0.15, 0.2) is 0 Å². The number of unbranched alkanes of at least 4 members (excludes halogenated alkanes) is 12. The molecule has 2 nitrogen and oxygen atoms in total. The molecule has 116 valence electrons. The summed E-state index contributed by atoms with van der Waals surface area (Å²) in [5, 5.41) is 0. The number of hydrogen-bond acceptors (Lipinski definition) is 2. The lowest BCUT2D eigenvalue weighted by atomic mass is 10.1. The number of hydrogen-bond donors (Lipinski definition) is 0. The van der Waals surface area contributed by atoms with Gasteiger partial charge in [0.1, 0.15) is 12.6 Å². The van der Waals surface area contributed by atoms with Gasteiger partial charge in [0.05, 0.1) is 0 Å². The molecule has 0 aliphatic carbocycles. The molecule has 0 aromatic carbocycles. The van der Waals surface area contributed by atoms with E-state index in [1.807, 2.05) is 0 Å². The lowest BCUT2D eigenvalue weighted by Gasteiger charge is -1.98. The molecule has 0 bridgehead atoms. The molecule has 20 heavy (non-hydrogen) atoms. The van der Waals surface area contributed by atoms with Crippen LogP contribution in [-0.2, 0) is 9.59 Å². The van der Waals surface area contributed by atoms with E-state index in [-0.39, 0.29) is 0 Å². The fourth-order valence-electron chi connectivity index (χ4n) is 2.28. The molecule has 2 heteroatoms. The van der Waals surface area contributed by atoms with E-state index in [9.17, 15) is 9.59 Å². The third-order valence-corrected chi connectivity index (χ3v) is 3.55. The van der Waals surface area contributed by atoms with Crippen LogP contribution in [-0.4, -0.2) is 12.6 Å². The van der Waals surface area contributed by atoms with Crippen LogP contribution in [0.25, 0.3) is 0 Å². The largest absolute Gasteiger partial charge is 0.303 e. The zero-order chi connectivity index (χ0) is 14.7. The first-order chi connectivity index (χ1) is 9.91. The first-order valence-electron chi connectivity index (χ1n) is 8.44. The SMILES string of the molecule is O=CCCCCCCC/C=C\CCCCCCCC=O. The Morgan fingerprint density at radius 2 is 0.700 bits per heavy atom. The second-order valence-corrected chi connectivity index (χ2v) is 5.49. The Bertz CT molecular complexity index is 210. The van der Waals surface area contributed by atoms with Gasteiger partial charge in [-0.3, -0.25) is 0 Å². The third kappa shape index (κ3) is 17.1. The maximum atomic E-state index is 10.1. The van der Waals surface area contributed by atoms with Gasteiger partial charge in [0.25, 0.3) is 0 Å². The molecular weight excluding hydrogens is 248 g/mol. The normalized spacial score (nSPS) is 11.0. The number of carbonyl (C=O) groups excluding carboxylic acids is 2. The van der Waals surface area contributed by atoms with Crippen molar-refractivity contribution in [2.45, 2.75) is 89.9 Å². The van der Waals surface area contributed by atoms with Crippen LogP contribution in [0, 0.1) is 0 Å². The second-order valence-electron chi connectivity index (χ2n) is 5.49. The first kappa shape index (κ1) is 19.1. The summed E-state index contributed by atoms with van der Waals surface area (Å²) in [6.07, 6.45) is 22.7. The summed E-state index contributed by atoms with van der Waals surface area (Å²) < 4.78 is 0. The van der Waals surface area contributed by atoms with Crippen molar-refractivity contribution in [2.24, 2.45) is 0 Å². The fraction of sp³-hybridized carbons (Fsp3) is 0.778. The predicted octanol–water partition coefficient (Wildman–Crippen LogP) is 5.40. The van der Waals surface area contributed by atoms with Gasteiger partial charge in [-0.2, -0.15) is 0 Å². The molecule has 0 saturated carbocycles. The molecular formula is C18H32O2. The summed E-state index contributed by atoms with van der Waals surface area (Å²) in [7, 11) is 0. The maximum Gasteiger partial charge on any atom is 0.119 e. The van der Waals surface area contributed by atoms with Crippen LogP contribution in [0.15, 0.2) is 12.2 Å². The zero-order valence-corrected chi connectivity index (χ0v) is 13.0. The van der Waals surface area contributed by atoms with Crippen LogP contribution < -0.4 is 0 Å². The van der Waals surface area contributed by atoms with Gasteiger partial charge in [0.2, 0.25) is 0 Å². The molecule has 0 aromatic heterocycles. The van der Waals surface area contributed by atoms with Gasteiger partial charge >= 0.3 is 0 Å². The van der Waals surface area contributed by atoms with E-state index in [2.05, 4.69) is 12.2 Å². The topological polar surface area (TPSA) is 34.1 Å². The summed E-state index contributed by atoms with van der Waals surface area (Å²) in [5.74, 6) is 0. The minimum absolute atomic E-state index is 0.731. The molecule has 0 aromatic rings. The zero-order valence-electron chi connectivity index (χ0n) is 13.0. The van der Waals surface area contributed by atoms with Crippen molar-refractivity contribution in [3.63, 3.8) is 0 Å². The molecule has 0 saturated heterocycles. The number of allylic oxidation sites excluding steroid dienone is 2. The van der Waals surface area contributed by atoms with Gasteiger partial charge in [-0.1, -0.05) is 50.7 Å². The highest BCUT2D eigenvalue weighted by molar-refractivity contribution is 5.49. The molecule has 0 fully saturated rings. The highest BCUT2D eigenvalue weighted by Gasteiger charge is 1.91. The van der Waals surface area contributed by atoms with Crippen LogP contribution in [0.1, 0.15) is 89.9 Å². The smallest absolute Gasteiger partial charge is 0.119 e. The Balaban J connectivity index is 3.05. The molecule has 0 heterocycles. The molecule has 0 rings (SSSR count). The van der Waals surface area contributed by atoms with Crippen molar-refractivity contribution >= 4 is 12.6 Å². The summed E-state index contributed by atoms with van der Waals surface area (Å²) >= 11 is 0. The van der Waals surface area contributed by atoms with Crippen molar-refractivity contribution < 1.29 is 9.59 Å². The van der Waals surface area contributed by atoms with E-state index in [1.54, 1.807) is 0 Å². The van der Waals surface area contributed by atoms with Gasteiger partial charge < -0.3 is 9.59 Å². The van der Waals surface area contributed by atoms with Crippen molar-refractivity contribution in [1.29, 1.82) is 0 Å². The Labute approximate surface area is 125 Å². The summed E-state index contributed by atoms with van der Waals surface area (Å²) in [5.41, 5.74) is 0. The first-order valence-corrected chi connectivity index (χ1v) is 8.44. The average Bonchev–Trinajstić information content (AvgIpc) is 2.47. The average molecular weight is 280 g/mol. The molecule has 0 aliphatic heterocycles. The fourth-order valence-corrected chi connectivity index (χ4v) is 2.28. The third-order valence-electron chi connectivity index (χ3n) is 3.55. The Hall–Kier alpha value is -0.920. The summed E-state index contributed by atoms with van der Waals surface area (Å²) in [6.45, 7) is 0. The number of carbonyl (C=O) groups is 2. The summed E-state index contributed by atoms with van der Waals surface area (Å²) in [4.78, 5) is 20.3. The number of rotatable bonds is 16. The van der Waals surface area contributed by atoms with Crippen LogP contribution in [0.2, 0.25) is 0 Å². The van der Waals surface area contributed by atoms with Crippen LogP contribution in [0.3, 0.4) is 0 Å². The Kier molecular flexibility index (Phi) is 17.2. The van der Waals surface area contributed by atoms with Crippen molar-refractivity contribution in [2.75, 3.05) is 0 Å². The van der Waals surface area contributed by atoms with Crippen molar-refractivity contribution in [3.05, 3.63) is 12.2 Å². The van der Waals surface area contributed by atoms with E-state index < -0.39 is 0 Å². The molecule has 0 aliphatic rings. The predicted molar refractivity (Wildman–Crippen MR) is 85.9 cm³/mol. The standard InChI is InChI=1S/C18H32O2/c19-17-15-13-11-9-7-5-3-1-2-4-6-8-10-12-14-16-18-20/h1-2,17-18H,3-16H2/b2-1-.